The number of benzene rings is 1. The first-order valence-corrected chi connectivity index (χ1v) is 13.0. The minimum atomic E-state index is -0.0644. The first kappa shape index (κ1) is 23.8. The molecular weight excluding hydrogens is 458 g/mol. The van der Waals surface area contributed by atoms with Gasteiger partial charge in [0.2, 0.25) is 0 Å². The van der Waals surface area contributed by atoms with Crippen LogP contribution >= 0.6 is 11.6 Å². The quantitative estimate of drug-likeness (QED) is 0.516. The van der Waals surface area contributed by atoms with E-state index in [0.29, 0.717) is 10.6 Å². The highest BCUT2D eigenvalue weighted by Crippen LogP contribution is 2.28. The van der Waals surface area contributed by atoms with Gasteiger partial charge in [-0.3, -0.25) is 14.7 Å². The van der Waals surface area contributed by atoms with Gasteiger partial charge < -0.3 is 10.2 Å². The predicted octanol–water partition coefficient (Wildman–Crippen LogP) is 5.18. The van der Waals surface area contributed by atoms with Gasteiger partial charge in [-0.1, -0.05) is 30.2 Å². The average molecular weight is 490 g/mol. The summed E-state index contributed by atoms with van der Waals surface area (Å²) in [6.07, 6.45) is 11.3. The number of piperidine rings is 2. The summed E-state index contributed by atoms with van der Waals surface area (Å²) in [5, 5.41) is 3.82. The predicted molar refractivity (Wildman–Crippen MR) is 141 cm³/mol. The van der Waals surface area contributed by atoms with Gasteiger partial charge in [0.05, 0.1) is 0 Å². The number of halogens is 1. The third kappa shape index (κ3) is 6.00. The van der Waals surface area contributed by atoms with E-state index in [-0.39, 0.29) is 11.9 Å². The molecule has 1 amide bonds. The van der Waals surface area contributed by atoms with E-state index in [9.17, 15) is 4.79 Å². The zero-order valence-electron chi connectivity index (χ0n) is 20.0. The van der Waals surface area contributed by atoms with Crippen LogP contribution in [-0.2, 0) is 6.54 Å². The molecule has 0 aliphatic carbocycles. The highest BCUT2D eigenvalue weighted by molar-refractivity contribution is 6.33. The summed E-state index contributed by atoms with van der Waals surface area (Å²) in [5.41, 5.74) is 3.61. The highest BCUT2D eigenvalue weighted by atomic mass is 35.5. The molecule has 5 rings (SSSR count). The number of pyridine rings is 2. The molecule has 0 bridgehead atoms. The molecule has 2 saturated heterocycles. The van der Waals surface area contributed by atoms with Crippen LogP contribution in [0.4, 0.5) is 5.82 Å². The molecule has 7 heteroatoms. The number of carbonyl (C=O) groups is 1. The maximum Gasteiger partial charge on any atom is 0.251 e. The van der Waals surface area contributed by atoms with Gasteiger partial charge in [0.1, 0.15) is 5.82 Å². The van der Waals surface area contributed by atoms with Crippen LogP contribution in [0.3, 0.4) is 0 Å². The Morgan fingerprint density at radius 3 is 2.54 bits per heavy atom. The van der Waals surface area contributed by atoms with Gasteiger partial charge in [-0.25, -0.2) is 4.98 Å². The van der Waals surface area contributed by atoms with Crippen LogP contribution in [0.2, 0.25) is 5.02 Å². The molecule has 3 aromatic rings. The summed E-state index contributed by atoms with van der Waals surface area (Å²) < 4.78 is 0. The number of rotatable bonds is 6. The van der Waals surface area contributed by atoms with Gasteiger partial charge in [-0.15, -0.1) is 0 Å². The Bertz CT molecular complexity index is 1120. The van der Waals surface area contributed by atoms with E-state index in [1.54, 1.807) is 24.5 Å². The molecule has 0 unspecified atom stereocenters. The molecule has 1 N–H and O–H groups in total. The highest BCUT2D eigenvalue weighted by Gasteiger charge is 2.22. The topological polar surface area (TPSA) is 61.4 Å². The van der Waals surface area contributed by atoms with Crippen LogP contribution in [0.15, 0.2) is 61.1 Å². The zero-order valence-corrected chi connectivity index (χ0v) is 20.8. The zero-order chi connectivity index (χ0) is 24.0. The molecule has 0 spiro atoms. The van der Waals surface area contributed by atoms with E-state index in [2.05, 4.69) is 32.2 Å². The second-order valence-electron chi connectivity index (χ2n) is 9.53. The Balaban J connectivity index is 1.14. The monoisotopic (exact) mass is 489 g/mol. The van der Waals surface area contributed by atoms with Gasteiger partial charge in [0.15, 0.2) is 0 Å². The van der Waals surface area contributed by atoms with Gasteiger partial charge >= 0.3 is 0 Å². The molecule has 6 nitrogen and oxygen atoms in total. The number of aromatic nitrogens is 2. The van der Waals surface area contributed by atoms with E-state index in [1.165, 1.54) is 37.9 Å². The fraction of sp³-hybridized carbons (Fsp3) is 0.393. The number of likely N-dealkylation sites (tertiary alicyclic amines) is 1. The molecule has 0 radical (unpaired) electrons. The van der Waals surface area contributed by atoms with Crippen molar-refractivity contribution in [2.75, 3.05) is 31.1 Å². The Morgan fingerprint density at radius 2 is 1.83 bits per heavy atom. The van der Waals surface area contributed by atoms with Crippen LogP contribution in [-0.4, -0.2) is 53.0 Å². The minimum absolute atomic E-state index is 0.0644. The lowest BCUT2D eigenvalue weighted by Crippen LogP contribution is -2.45. The number of nitrogens with one attached hydrogen (secondary N) is 1. The average Bonchev–Trinajstić information content (AvgIpc) is 2.91. The van der Waals surface area contributed by atoms with Gasteiger partial charge in [-0.2, -0.15) is 0 Å². The van der Waals surface area contributed by atoms with E-state index in [0.717, 1.165) is 49.4 Å². The van der Waals surface area contributed by atoms with E-state index in [1.807, 2.05) is 24.4 Å². The van der Waals surface area contributed by atoms with E-state index < -0.39 is 0 Å². The SMILES string of the molecule is O=C(NC1CCN(c2ccc(CN3CCCCC3)cn2)CC1)c1ccc(Cl)c(-c2cccnc2)c1. The van der Waals surface area contributed by atoms with Crippen molar-refractivity contribution in [3.05, 3.63) is 77.2 Å². The number of amides is 1. The molecule has 0 atom stereocenters. The largest absolute Gasteiger partial charge is 0.356 e. The molecule has 2 aliphatic rings. The van der Waals surface area contributed by atoms with Crippen molar-refractivity contribution in [3.63, 3.8) is 0 Å². The third-order valence-corrected chi connectivity index (χ3v) is 7.35. The fourth-order valence-corrected chi connectivity index (χ4v) is 5.23. The number of carbonyl (C=O) groups excluding carboxylic acids is 1. The van der Waals surface area contributed by atoms with Crippen molar-refractivity contribution in [2.45, 2.75) is 44.7 Å². The number of nitrogens with zero attached hydrogens (tertiary/aromatic N) is 4. The summed E-state index contributed by atoms with van der Waals surface area (Å²) in [5.74, 6) is 0.960. The van der Waals surface area contributed by atoms with Gasteiger partial charge in [0.25, 0.3) is 5.91 Å². The molecule has 2 fully saturated rings. The Hall–Kier alpha value is -2.96. The molecule has 2 aromatic heterocycles. The van der Waals surface area contributed by atoms with Crippen molar-refractivity contribution in [2.24, 2.45) is 0 Å². The molecule has 2 aliphatic heterocycles. The standard InChI is InChI=1S/C28H32ClN5O/c29-26-8-7-22(17-25(26)23-5-4-12-30-19-23)28(35)32-24-10-15-34(16-11-24)27-9-6-21(18-31-27)20-33-13-2-1-3-14-33/h4-9,12,17-19,24H,1-3,10-11,13-16,20H2,(H,32,35). The van der Waals surface area contributed by atoms with Crippen molar-refractivity contribution in [3.8, 4) is 11.1 Å². The summed E-state index contributed by atoms with van der Waals surface area (Å²) in [4.78, 5) is 26.7. The molecule has 182 valence electrons. The van der Waals surface area contributed by atoms with Crippen molar-refractivity contribution < 1.29 is 4.79 Å². The third-order valence-electron chi connectivity index (χ3n) is 7.02. The minimum Gasteiger partial charge on any atom is -0.356 e. The van der Waals surface area contributed by atoms with E-state index >= 15 is 0 Å². The summed E-state index contributed by atoms with van der Waals surface area (Å²) in [7, 11) is 0. The second-order valence-corrected chi connectivity index (χ2v) is 9.94. The lowest BCUT2D eigenvalue weighted by molar-refractivity contribution is 0.0931. The molecule has 0 saturated carbocycles. The lowest BCUT2D eigenvalue weighted by Gasteiger charge is -2.33. The van der Waals surface area contributed by atoms with Gasteiger partial charge in [0, 0.05) is 66.0 Å². The summed E-state index contributed by atoms with van der Waals surface area (Å²) in [6, 6.07) is 13.7. The van der Waals surface area contributed by atoms with Crippen LogP contribution in [0, 0.1) is 0 Å². The maximum atomic E-state index is 13.0. The second kappa shape index (κ2) is 11.2. The first-order chi connectivity index (χ1) is 17.2. The smallest absolute Gasteiger partial charge is 0.251 e. The van der Waals surface area contributed by atoms with Crippen molar-refractivity contribution in [1.29, 1.82) is 0 Å². The van der Waals surface area contributed by atoms with E-state index in [4.69, 9.17) is 16.6 Å². The first-order valence-electron chi connectivity index (χ1n) is 12.6. The summed E-state index contributed by atoms with van der Waals surface area (Å²) in [6.45, 7) is 5.15. The van der Waals surface area contributed by atoms with Crippen LogP contribution in [0.5, 0.6) is 0 Å². The molecular formula is C28H32ClN5O. The molecule has 1 aromatic carbocycles. The van der Waals surface area contributed by atoms with Gasteiger partial charge in [-0.05, 0) is 74.7 Å². The molecule has 4 heterocycles. The Kier molecular flexibility index (Phi) is 7.60. The van der Waals surface area contributed by atoms with Crippen LogP contribution in [0.25, 0.3) is 11.1 Å². The molecule has 35 heavy (non-hydrogen) atoms. The van der Waals surface area contributed by atoms with Crippen molar-refractivity contribution in [1.82, 2.24) is 20.2 Å². The normalized spacial score (nSPS) is 17.3. The maximum absolute atomic E-state index is 13.0. The number of hydrogen-bond donors (Lipinski definition) is 1. The van der Waals surface area contributed by atoms with Crippen LogP contribution in [0.1, 0.15) is 48.0 Å². The Morgan fingerprint density at radius 1 is 1.00 bits per heavy atom. The Labute approximate surface area is 212 Å². The number of anilines is 1. The van der Waals surface area contributed by atoms with Crippen molar-refractivity contribution >= 4 is 23.3 Å². The lowest BCUT2D eigenvalue weighted by atomic mass is 10.0. The summed E-state index contributed by atoms with van der Waals surface area (Å²) >= 11 is 6.39. The fourth-order valence-electron chi connectivity index (χ4n) is 5.00. The van der Waals surface area contributed by atoms with Crippen LogP contribution < -0.4 is 10.2 Å². The number of hydrogen-bond acceptors (Lipinski definition) is 5.